The summed E-state index contributed by atoms with van der Waals surface area (Å²) in [5.74, 6) is 0.293. The van der Waals surface area contributed by atoms with Gasteiger partial charge >= 0.3 is 24.4 Å². The predicted molar refractivity (Wildman–Crippen MR) is 256 cm³/mol. The first-order valence-corrected chi connectivity index (χ1v) is 22.3. The van der Waals surface area contributed by atoms with E-state index in [9.17, 15) is 24.3 Å². The van der Waals surface area contributed by atoms with Crippen molar-refractivity contribution in [1.29, 1.82) is 0 Å². The summed E-state index contributed by atoms with van der Waals surface area (Å²) in [5.41, 5.74) is 2.99. The Morgan fingerprint density at radius 2 is 1.15 bits per heavy atom. The van der Waals surface area contributed by atoms with E-state index in [1.807, 2.05) is 62.6 Å². The number of nitrogens with one attached hydrogen (secondary N) is 3. The fraction of sp³-hybridized carbons (Fsp3) is 0.500. The summed E-state index contributed by atoms with van der Waals surface area (Å²) in [6.45, 7) is 24.8. The van der Waals surface area contributed by atoms with Crippen molar-refractivity contribution in [2.24, 2.45) is 9.98 Å². The zero-order chi connectivity index (χ0) is 49.6. The van der Waals surface area contributed by atoms with Crippen molar-refractivity contribution in [3.05, 3.63) is 65.5 Å². The minimum atomic E-state index is -1.38. The lowest BCUT2D eigenvalue weighted by Gasteiger charge is -2.30. The first-order valence-electron chi connectivity index (χ1n) is 22.3. The van der Waals surface area contributed by atoms with E-state index >= 15 is 4.39 Å². The number of hydrogen-bond donors (Lipinski definition) is 4. The molecule has 18 nitrogen and oxygen atoms in total. The van der Waals surface area contributed by atoms with Gasteiger partial charge in [-0.3, -0.25) is 10.6 Å². The quantitative estimate of drug-likeness (QED) is 0.0988. The van der Waals surface area contributed by atoms with Crippen LogP contribution in [0.15, 0.2) is 58.5 Å². The molecule has 0 saturated carbocycles. The molecule has 0 bridgehead atoms. The molecule has 2 aliphatic rings. The molecule has 3 aromatic rings. The standard InChI is InChI=1S/C48H65FN10O8/c1-28(2)50-37-27-33(31-20-24-58(25-21-31)41(53-44(63)66-47(8,9)10)54-45(64)67-48(11,12)13)15-17-35(37)39-56-55-38(59(39)29(3)4)34-16-14-32(26-36(34)49)30-18-22-57(23-19-30)40(51-42(60)61)52-43(62)65-46(5,6)7/h14-18,20,26-29,50H,19,21-25H2,1-13H3,(H,60,61)(H,51,52,62)(H,53,54,63,64). The molecule has 0 unspecified atom stereocenters. The van der Waals surface area contributed by atoms with Crippen LogP contribution in [-0.2, 0) is 14.2 Å². The normalized spacial score (nSPS) is 15.2. The molecule has 3 heterocycles. The van der Waals surface area contributed by atoms with Gasteiger partial charge < -0.3 is 39.0 Å². The first-order chi connectivity index (χ1) is 31.2. The van der Waals surface area contributed by atoms with Crippen molar-refractivity contribution in [2.45, 2.75) is 132 Å². The lowest BCUT2D eigenvalue weighted by molar-refractivity contribution is 0.0550. The van der Waals surface area contributed by atoms with E-state index in [4.69, 9.17) is 14.2 Å². The Kier molecular flexibility index (Phi) is 15.9. The minimum Gasteiger partial charge on any atom is -0.465 e. The zero-order valence-corrected chi connectivity index (χ0v) is 40.8. The third-order valence-corrected chi connectivity index (χ3v) is 9.90. The van der Waals surface area contributed by atoms with Gasteiger partial charge in [0.1, 0.15) is 22.6 Å². The number of carbonyl (C=O) groups is 4. The van der Waals surface area contributed by atoms with E-state index in [1.54, 1.807) is 78.2 Å². The van der Waals surface area contributed by atoms with Gasteiger partial charge in [-0.1, -0.05) is 24.3 Å². The van der Waals surface area contributed by atoms with Crippen LogP contribution in [0.1, 0.15) is 120 Å². The number of halogens is 1. The second-order valence-electron chi connectivity index (χ2n) is 19.8. The molecule has 362 valence electrons. The molecule has 0 radical (unpaired) electrons. The Bertz CT molecular complexity index is 2470. The number of aliphatic imine (C=N–C) groups is 2. The van der Waals surface area contributed by atoms with Crippen LogP contribution in [0.25, 0.3) is 33.9 Å². The highest BCUT2D eigenvalue weighted by molar-refractivity contribution is 6.00. The number of aromatic nitrogens is 3. The second kappa shape index (κ2) is 20.8. The topological polar surface area (TPSA) is 214 Å². The van der Waals surface area contributed by atoms with E-state index in [0.29, 0.717) is 49.7 Å². The maximum Gasteiger partial charge on any atom is 0.437 e. The summed E-state index contributed by atoms with van der Waals surface area (Å²) < 4.78 is 34.3. The van der Waals surface area contributed by atoms with Crippen LogP contribution in [-0.4, -0.2) is 115 Å². The van der Waals surface area contributed by atoms with Crippen molar-refractivity contribution >= 4 is 53.1 Å². The van der Waals surface area contributed by atoms with E-state index < -0.39 is 47.0 Å². The number of carboxylic acid groups (broad SMARTS) is 1. The molecule has 4 N–H and O–H groups in total. The monoisotopic (exact) mass is 928 g/mol. The van der Waals surface area contributed by atoms with Gasteiger partial charge in [-0.2, -0.15) is 0 Å². The van der Waals surface area contributed by atoms with E-state index in [-0.39, 0.29) is 36.1 Å². The fourth-order valence-electron chi connectivity index (χ4n) is 7.25. The zero-order valence-electron chi connectivity index (χ0n) is 40.8. The Balaban J connectivity index is 1.40. The van der Waals surface area contributed by atoms with Gasteiger partial charge in [0.15, 0.2) is 11.6 Å². The Hall–Kier alpha value is -6.79. The van der Waals surface area contributed by atoms with Gasteiger partial charge in [-0.15, -0.1) is 20.2 Å². The van der Waals surface area contributed by atoms with Crippen molar-refractivity contribution in [3.8, 4) is 22.8 Å². The SMILES string of the molecule is CC(C)Nc1cc(C2=CCN(C(=NC(=O)OC(C)(C)C)NC(=O)OC(C)(C)C)CC2)ccc1-c1nnc(-c2ccc(C3=CCN(C(=NC(=O)OC(C)(C)C)NC(=O)O)CC3)cc2F)n1C(C)C. The summed E-state index contributed by atoms with van der Waals surface area (Å²) in [5, 5.41) is 27.0. The third-order valence-electron chi connectivity index (χ3n) is 9.90. The van der Waals surface area contributed by atoms with Crippen LogP contribution >= 0.6 is 0 Å². The average molecular weight is 929 g/mol. The van der Waals surface area contributed by atoms with Crippen LogP contribution in [0.4, 0.5) is 29.3 Å². The van der Waals surface area contributed by atoms with Crippen LogP contribution < -0.4 is 16.0 Å². The number of benzene rings is 2. The molecule has 2 aliphatic heterocycles. The van der Waals surface area contributed by atoms with Crippen LogP contribution in [0.2, 0.25) is 0 Å². The number of alkyl carbamates (subject to hydrolysis) is 1. The van der Waals surface area contributed by atoms with Gasteiger partial charge in [0.05, 0.1) is 5.56 Å². The van der Waals surface area contributed by atoms with Gasteiger partial charge in [0.25, 0.3) is 0 Å². The third kappa shape index (κ3) is 14.6. The number of ether oxygens (including phenoxy) is 3. The average Bonchev–Trinajstić information content (AvgIpc) is 3.63. The number of rotatable bonds is 7. The molecule has 0 saturated heterocycles. The molecule has 5 rings (SSSR count). The first kappa shape index (κ1) is 51.2. The second-order valence-corrected chi connectivity index (χ2v) is 19.8. The molecule has 1 aromatic heterocycles. The Morgan fingerprint density at radius 3 is 1.57 bits per heavy atom. The number of hydrogen-bond acceptors (Lipinski definition) is 10. The fourth-order valence-corrected chi connectivity index (χ4v) is 7.25. The van der Waals surface area contributed by atoms with E-state index in [1.165, 1.54) is 6.07 Å². The van der Waals surface area contributed by atoms with Gasteiger partial charge in [-0.25, -0.2) is 23.6 Å². The van der Waals surface area contributed by atoms with Crippen molar-refractivity contribution in [1.82, 2.24) is 35.2 Å². The summed E-state index contributed by atoms with van der Waals surface area (Å²) in [6.07, 6.45) is 0.966. The number of anilines is 1. The van der Waals surface area contributed by atoms with Gasteiger partial charge in [-0.05, 0) is 149 Å². The van der Waals surface area contributed by atoms with E-state index in [0.717, 1.165) is 28.0 Å². The number of nitrogens with zero attached hydrogens (tertiary/aromatic N) is 7. The molecule has 0 atom stereocenters. The Labute approximate surface area is 391 Å². The lowest BCUT2D eigenvalue weighted by Crippen LogP contribution is -2.48. The molecule has 2 aromatic carbocycles. The van der Waals surface area contributed by atoms with Crippen LogP contribution in [0.3, 0.4) is 0 Å². The molecular weight excluding hydrogens is 864 g/mol. The predicted octanol–water partition coefficient (Wildman–Crippen LogP) is 9.71. The highest BCUT2D eigenvalue weighted by atomic mass is 19.1. The van der Waals surface area contributed by atoms with E-state index in [2.05, 4.69) is 42.2 Å². The maximum atomic E-state index is 16.3. The van der Waals surface area contributed by atoms with Crippen molar-refractivity contribution in [2.75, 3.05) is 31.5 Å². The molecule has 4 amide bonds. The highest BCUT2D eigenvalue weighted by Crippen LogP contribution is 2.37. The smallest absolute Gasteiger partial charge is 0.437 e. The lowest BCUT2D eigenvalue weighted by atomic mass is 9.96. The maximum absolute atomic E-state index is 16.3. The summed E-state index contributed by atoms with van der Waals surface area (Å²) in [6, 6.07) is 10.9. The van der Waals surface area contributed by atoms with Crippen LogP contribution in [0.5, 0.6) is 0 Å². The number of carbonyl (C=O) groups excluding carboxylic acids is 3. The van der Waals surface area contributed by atoms with Crippen LogP contribution in [0, 0.1) is 5.82 Å². The van der Waals surface area contributed by atoms with Crippen molar-refractivity contribution < 1.29 is 42.9 Å². The summed E-state index contributed by atoms with van der Waals surface area (Å²) in [4.78, 5) is 60.8. The molecule has 0 aliphatic carbocycles. The molecule has 0 spiro atoms. The highest BCUT2D eigenvalue weighted by Gasteiger charge is 2.28. The molecule has 67 heavy (non-hydrogen) atoms. The molecule has 19 heteroatoms. The largest absolute Gasteiger partial charge is 0.465 e. The van der Waals surface area contributed by atoms with Gasteiger partial charge in [0.2, 0.25) is 11.9 Å². The minimum absolute atomic E-state index is 0.0265. The summed E-state index contributed by atoms with van der Waals surface area (Å²) in [7, 11) is 0. The van der Waals surface area contributed by atoms with Gasteiger partial charge in [0, 0.05) is 49.5 Å². The summed E-state index contributed by atoms with van der Waals surface area (Å²) >= 11 is 0. The number of guanidine groups is 2. The van der Waals surface area contributed by atoms with Crippen molar-refractivity contribution in [3.63, 3.8) is 0 Å². The molecule has 0 fully saturated rings. The number of amides is 4. The Morgan fingerprint density at radius 1 is 0.687 bits per heavy atom. The molecular formula is C48H65FN10O8.